The lowest BCUT2D eigenvalue weighted by molar-refractivity contribution is -0.118. The molecule has 0 spiro atoms. The number of hydrogen-bond donors (Lipinski definition) is 1. The van der Waals surface area contributed by atoms with Crippen LogP contribution in [0.15, 0.2) is 30.3 Å². The van der Waals surface area contributed by atoms with Crippen LogP contribution in [0.25, 0.3) is 0 Å². The van der Waals surface area contributed by atoms with E-state index in [1.54, 1.807) is 6.92 Å². The summed E-state index contributed by atoms with van der Waals surface area (Å²) in [5.41, 5.74) is 1.19. The summed E-state index contributed by atoms with van der Waals surface area (Å²) in [4.78, 5) is 11.1. The molecule has 13 heavy (non-hydrogen) atoms. The molecule has 0 heterocycles. The molecule has 0 aliphatic carbocycles. The van der Waals surface area contributed by atoms with Crippen molar-refractivity contribution in [3.63, 3.8) is 0 Å². The third-order valence-corrected chi connectivity index (χ3v) is 2.12. The number of carbonyl (C=O) groups excluding carboxylic acids is 1. The summed E-state index contributed by atoms with van der Waals surface area (Å²) < 4.78 is 0. The van der Waals surface area contributed by atoms with E-state index in [2.05, 4.69) is 5.32 Å². The van der Waals surface area contributed by atoms with Gasteiger partial charge in [-0.25, -0.2) is 0 Å². The van der Waals surface area contributed by atoms with Gasteiger partial charge in [-0.05, 0) is 26.0 Å². The van der Waals surface area contributed by atoms with Crippen LogP contribution >= 0.6 is 0 Å². The lowest BCUT2D eigenvalue weighted by atomic mass is 10.0. The first-order valence-electron chi connectivity index (χ1n) is 4.45. The summed E-state index contributed by atoms with van der Waals surface area (Å²) in [6.45, 7) is 1.62. The summed E-state index contributed by atoms with van der Waals surface area (Å²) in [6, 6.07) is 9.97. The van der Waals surface area contributed by atoms with Crippen molar-refractivity contribution >= 4 is 5.78 Å². The maximum absolute atomic E-state index is 11.1. The number of hydrogen-bond acceptors (Lipinski definition) is 2. The van der Waals surface area contributed by atoms with Crippen molar-refractivity contribution in [1.82, 2.24) is 5.32 Å². The average Bonchev–Trinajstić information content (AvgIpc) is 2.15. The molecule has 70 valence electrons. The lowest BCUT2D eigenvalue weighted by Gasteiger charge is -2.11. The molecular weight excluding hydrogens is 162 g/mol. The number of likely N-dealkylation sites (N-methyl/N-ethyl adjacent to an activating group) is 1. The first-order valence-corrected chi connectivity index (χ1v) is 4.45. The van der Waals surface area contributed by atoms with Gasteiger partial charge in [0.1, 0.15) is 5.78 Å². The van der Waals surface area contributed by atoms with Gasteiger partial charge in [-0.3, -0.25) is 4.79 Å². The molecule has 0 amide bonds. The second kappa shape index (κ2) is 4.77. The molecule has 0 radical (unpaired) electrons. The van der Waals surface area contributed by atoms with E-state index in [1.165, 1.54) is 5.56 Å². The van der Waals surface area contributed by atoms with Gasteiger partial charge in [0, 0.05) is 0 Å². The van der Waals surface area contributed by atoms with Crippen molar-refractivity contribution in [1.29, 1.82) is 0 Å². The molecule has 1 rings (SSSR count). The second-order valence-corrected chi connectivity index (χ2v) is 3.14. The van der Waals surface area contributed by atoms with Crippen LogP contribution in [0.1, 0.15) is 12.5 Å². The average molecular weight is 177 g/mol. The van der Waals surface area contributed by atoms with Crippen LogP contribution < -0.4 is 5.32 Å². The molecule has 1 atom stereocenters. The van der Waals surface area contributed by atoms with Crippen LogP contribution in [-0.4, -0.2) is 18.9 Å². The largest absolute Gasteiger partial charge is 0.310 e. The molecule has 2 nitrogen and oxygen atoms in total. The molecular formula is C11H15NO. The molecule has 0 fully saturated rings. The van der Waals surface area contributed by atoms with Crippen molar-refractivity contribution in [2.45, 2.75) is 19.4 Å². The lowest BCUT2D eigenvalue weighted by Crippen LogP contribution is -2.34. The molecule has 0 bridgehead atoms. The fourth-order valence-electron chi connectivity index (χ4n) is 1.30. The number of carbonyl (C=O) groups is 1. The highest BCUT2D eigenvalue weighted by molar-refractivity contribution is 5.81. The van der Waals surface area contributed by atoms with Gasteiger partial charge < -0.3 is 5.32 Å². The zero-order valence-corrected chi connectivity index (χ0v) is 8.08. The molecule has 0 aliphatic heterocycles. The minimum absolute atomic E-state index is 0.0533. The Hall–Kier alpha value is -1.15. The predicted octanol–water partition coefficient (Wildman–Crippen LogP) is 1.41. The van der Waals surface area contributed by atoms with E-state index in [0.29, 0.717) is 0 Å². The molecule has 1 N–H and O–H groups in total. The summed E-state index contributed by atoms with van der Waals surface area (Å²) in [5, 5.41) is 3.00. The maximum Gasteiger partial charge on any atom is 0.147 e. The Kier molecular flexibility index (Phi) is 3.65. The Morgan fingerprint density at radius 2 is 2.00 bits per heavy atom. The second-order valence-electron chi connectivity index (χ2n) is 3.14. The fraction of sp³-hybridized carbons (Fsp3) is 0.364. The number of benzene rings is 1. The SMILES string of the molecule is CN[C@@H](Cc1ccccc1)C(C)=O. The Bertz CT molecular complexity index is 269. The maximum atomic E-state index is 11.1. The number of rotatable bonds is 4. The van der Waals surface area contributed by atoms with E-state index in [0.717, 1.165) is 6.42 Å². The fourth-order valence-corrected chi connectivity index (χ4v) is 1.30. The number of nitrogens with one attached hydrogen (secondary N) is 1. The topological polar surface area (TPSA) is 29.1 Å². The smallest absolute Gasteiger partial charge is 0.147 e. The minimum atomic E-state index is -0.0533. The summed E-state index contributed by atoms with van der Waals surface area (Å²) in [5.74, 6) is 0.186. The molecule has 0 unspecified atom stereocenters. The first-order chi connectivity index (χ1) is 6.24. The van der Waals surface area contributed by atoms with E-state index < -0.39 is 0 Å². The van der Waals surface area contributed by atoms with Crippen LogP contribution in [-0.2, 0) is 11.2 Å². The van der Waals surface area contributed by atoms with E-state index in [-0.39, 0.29) is 11.8 Å². The van der Waals surface area contributed by atoms with E-state index in [1.807, 2.05) is 37.4 Å². The zero-order valence-electron chi connectivity index (χ0n) is 8.08. The van der Waals surface area contributed by atoms with Gasteiger partial charge in [0.25, 0.3) is 0 Å². The molecule has 2 heteroatoms. The minimum Gasteiger partial charge on any atom is -0.310 e. The highest BCUT2D eigenvalue weighted by Crippen LogP contribution is 2.03. The van der Waals surface area contributed by atoms with Crippen molar-refractivity contribution in [2.75, 3.05) is 7.05 Å². The van der Waals surface area contributed by atoms with Crippen LogP contribution in [0.2, 0.25) is 0 Å². The standard InChI is InChI=1S/C11H15NO/c1-9(13)11(12-2)8-10-6-4-3-5-7-10/h3-7,11-12H,8H2,1-2H3/t11-/m0/s1. The Morgan fingerprint density at radius 3 is 2.46 bits per heavy atom. The summed E-state index contributed by atoms with van der Waals surface area (Å²) in [7, 11) is 1.81. The number of Topliss-reactive ketones (excluding diaryl/α,β-unsaturated/α-hetero) is 1. The Labute approximate surface area is 79.0 Å². The van der Waals surface area contributed by atoms with Crippen molar-refractivity contribution in [2.24, 2.45) is 0 Å². The first kappa shape index (κ1) is 9.93. The van der Waals surface area contributed by atoms with Gasteiger partial charge in [-0.1, -0.05) is 30.3 Å². The van der Waals surface area contributed by atoms with Crippen molar-refractivity contribution < 1.29 is 4.79 Å². The van der Waals surface area contributed by atoms with Crippen LogP contribution in [0, 0.1) is 0 Å². The Morgan fingerprint density at radius 1 is 1.38 bits per heavy atom. The quantitative estimate of drug-likeness (QED) is 0.753. The molecule has 1 aromatic rings. The molecule has 0 aromatic heterocycles. The normalized spacial score (nSPS) is 12.5. The highest BCUT2D eigenvalue weighted by atomic mass is 16.1. The van der Waals surface area contributed by atoms with Crippen molar-refractivity contribution in [3.05, 3.63) is 35.9 Å². The Balaban J connectivity index is 2.62. The van der Waals surface area contributed by atoms with Gasteiger partial charge in [0.2, 0.25) is 0 Å². The molecule has 0 aliphatic rings. The van der Waals surface area contributed by atoms with E-state index in [9.17, 15) is 4.79 Å². The van der Waals surface area contributed by atoms with Crippen molar-refractivity contribution in [3.8, 4) is 0 Å². The van der Waals surface area contributed by atoms with E-state index >= 15 is 0 Å². The van der Waals surface area contributed by atoms with Gasteiger partial charge in [0.15, 0.2) is 0 Å². The van der Waals surface area contributed by atoms with Crippen LogP contribution in [0.5, 0.6) is 0 Å². The zero-order chi connectivity index (χ0) is 9.68. The number of ketones is 1. The molecule has 0 saturated carbocycles. The van der Waals surface area contributed by atoms with Gasteiger partial charge >= 0.3 is 0 Å². The highest BCUT2D eigenvalue weighted by Gasteiger charge is 2.11. The van der Waals surface area contributed by atoms with Gasteiger partial charge in [0.05, 0.1) is 6.04 Å². The summed E-state index contributed by atoms with van der Waals surface area (Å²) >= 11 is 0. The molecule has 0 saturated heterocycles. The molecule has 1 aromatic carbocycles. The van der Waals surface area contributed by atoms with E-state index in [4.69, 9.17) is 0 Å². The van der Waals surface area contributed by atoms with Gasteiger partial charge in [-0.15, -0.1) is 0 Å². The predicted molar refractivity (Wildman–Crippen MR) is 53.7 cm³/mol. The van der Waals surface area contributed by atoms with Crippen LogP contribution in [0.4, 0.5) is 0 Å². The van der Waals surface area contributed by atoms with Crippen LogP contribution in [0.3, 0.4) is 0 Å². The van der Waals surface area contributed by atoms with Gasteiger partial charge in [-0.2, -0.15) is 0 Å². The third kappa shape index (κ3) is 2.99. The monoisotopic (exact) mass is 177 g/mol. The summed E-state index contributed by atoms with van der Waals surface area (Å²) in [6.07, 6.45) is 0.771. The third-order valence-electron chi connectivity index (χ3n) is 2.12.